The number of benzene rings is 1. The van der Waals surface area contributed by atoms with Crippen molar-refractivity contribution in [1.29, 1.82) is 0 Å². The lowest BCUT2D eigenvalue weighted by molar-refractivity contribution is -0.140. The standard InChI is InChI=1S/C16H23FN2O3/c1-16(2,3)13(8-9-20)19-15(22)14(21)18-10-11-4-6-12(17)7-5-11/h4-7,13,20H,8-10H2,1-3H3,(H,18,21)(H,19,22). The molecule has 0 aliphatic heterocycles. The van der Waals surface area contributed by atoms with Crippen LogP contribution in [0.1, 0.15) is 32.8 Å². The van der Waals surface area contributed by atoms with Crippen molar-refractivity contribution in [3.05, 3.63) is 35.6 Å². The van der Waals surface area contributed by atoms with Crippen molar-refractivity contribution in [2.24, 2.45) is 5.41 Å². The van der Waals surface area contributed by atoms with Crippen LogP contribution in [0.3, 0.4) is 0 Å². The molecule has 1 unspecified atom stereocenters. The Kier molecular flexibility index (Phi) is 6.49. The van der Waals surface area contributed by atoms with E-state index in [1.54, 1.807) is 0 Å². The lowest BCUT2D eigenvalue weighted by atomic mass is 9.85. The molecule has 0 bridgehead atoms. The van der Waals surface area contributed by atoms with Crippen LogP contribution < -0.4 is 10.6 Å². The molecular weight excluding hydrogens is 287 g/mol. The van der Waals surface area contributed by atoms with Crippen LogP contribution in [0.2, 0.25) is 0 Å². The maximum atomic E-state index is 12.8. The van der Waals surface area contributed by atoms with Crippen molar-refractivity contribution in [1.82, 2.24) is 10.6 Å². The molecule has 2 amide bonds. The molecule has 0 radical (unpaired) electrons. The number of aliphatic hydroxyl groups is 1. The van der Waals surface area contributed by atoms with E-state index in [-0.39, 0.29) is 30.4 Å². The predicted octanol–water partition coefficient (Wildman–Crippen LogP) is 1.36. The lowest BCUT2D eigenvalue weighted by Crippen LogP contribution is -2.49. The molecule has 1 aromatic carbocycles. The summed E-state index contributed by atoms with van der Waals surface area (Å²) in [6.07, 6.45) is 0.375. The molecule has 0 spiro atoms. The number of amides is 2. The van der Waals surface area contributed by atoms with Gasteiger partial charge in [-0.05, 0) is 29.5 Å². The Balaban J connectivity index is 2.53. The van der Waals surface area contributed by atoms with Gasteiger partial charge in [0.1, 0.15) is 5.82 Å². The topological polar surface area (TPSA) is 78.4 Å². The van der Waals surface area contributed by atoms with Crippen LogP contribution in [0.4, 0.5) is 4.39 Å². The minimum atomic E-state index is -0.753. The highest BCUT2D eigenvalue weighted by Crippen LogP contribution is 2.21. The Morgan fingerprint density at radius 2 is 1.77 bits per heavy atom. The molecule has 0 heterocycles. The number of carbonyl (C=O) groups is 2. The van der Waals surface area contributed by atoms with Crippen LogP contribution in [0.5, 0.6) is 0 Å². The van der Waals surface area contributed by atoms with Gasteiger partial charge in [0.2, 0.25) is 0 Å². The predicted molar refractivity (Wildman–Crippen MR) is 81.3 cm³/mol. The summed E-state index contributed by atoms with van der Waals surface area (Å²) in [5, 5.41) is 14.2. The summed E-state index contributed by atoms with van der Waals surface area (Å²) in [6, 6.07) is 5.35. The molecule has 1 aromatic rings. The van der Waals surface area contributed by atoms with Gasteiger partial charge in [-0.3, -0.25) is 9.59 Å². The fourth-order valence-corrected chi connectivity index (χ4v) is 1.94. The molecule has 0 aliphatic carbocycles. The minimum Gasteiger partial charge on any atom is -0.396 e. The van der Waals surface area contributed by atoms with E-state index in [1.807, 2.05) is 20.8 Å². The molecule has 0 fully saturated rings. The van der Waals surface area contributed by atoms with Crippen LogP contribution in [0, 0.1) is 11.2 Å². The second-order valence-corrected chi connectivity index (χ2v) is 6.21. The maximum absolute atomic E-state index is 12.8. The van der Waals surface area contributed by atoms with Gasteiger partial charge in [0.05, 0.1) is 0 Å². The van der Waals surface area contributed by atoms with Gasteiger partial charge in [0, 0.05) is 19.2 Å². The van der Waals surface area contributed by atoms with Crippen LogP contribution in [-0.2, 0) is 16.1 Å². The molecule has 0 saturated heterocycles. The molecular formula is C16H23FN2O3. The van der Waals surface area contributed by atoms with Gasteiger partial charge < -0.3 is 15.7 Å². The Bertz CT molecular complexity index is 509. The van der Waals surface area contributed by atoms with Crippen molar-refractivity contribution >= 4 is 11.8 Å². The molecule has 6 heteroatoms. The van der Waals surface area contributed by atoms with Crippen molar-refractivity contribution in [2.45, 2.75) is 39.8 Å². The molecule has 1 atom stereocenters. The largest absolute Gasteiger partial charge is 0.396 e. The lowest BCUT2D eigenvalue weighted by Gasteiger charge is -2.30. The summed E-state index contributed by atoms with van der Waals surface area (Å²) in [5.41, 5.74) is 0.431. The number of carbonyl (C=O) groups excluding carboxylic acids is 2. The number of halogens is 1. The quantitative estimate of drug-likeness (QED) is 0.719. The Morgan fingerprint density at radius 3 is 2.27 bits per heavy atom. The number of hydrogen-bond acceptors (Lipinski definition) is 3. The second-order valence-electron chi connectivity index (χ2n) is 6.21. The Labute approximate surface area is 129 Å². The fraction of sp³-hybridized carbons (Fsp3) is 0.500. The zero-order valence-corrected chi connectivity index (χ0v) is 13.1. The summed E-state index contributed by atoms with van der Waals surface area (Å²) in [4.78, 5) is 23.7. The van der Waals surface area contributed by atoms with Crippen LogP contribution in [0.15, 0.2) is 24.3 Å². The highest BCUT2D eigenvalue weighted by molar-refractivity contribution is 6.35. The van der Waals surface area contributed by atoms with E-state index >= 15 is 0 Å². The first-order chi connectivity index (χ1) is 10.2. The van der Waals surface area contributed by atoms with Crippen molar-refractivity contribution in [2.75, 3.05) is 6.61 Å². The Hall–Kier alpha value is -1.95. The third-order valence-corrected chi connectivity index (χ3v) is 3.34. The number of hydrogen-bond donors (Lipinski definition) is 3. The molecule has 0 aliphatic rings. The van der Waals surface area contributed by atoms with Crippen LogP contribution in [0.25, 0.3) is 0 Å². The smallest absolute Gasteiger partial charge is 0.309 e. The van der Waals surface area contributed by atoms with E-state index in [0.29, 0.717) is 12.0 Å². The second kappa shape index (κ2) is 7.89. The van der Waals surface area contributed by atoms with Gasteiger partial charge >= 0.3 is 11.8 Å². The first-order valence-corrected chi connectivity index (χ1v) is 7.18. The fourth-order valence-electron chi connectivity index (χ4n) is 1.94. The highest BCUT2D eigenvalue weighted by atomic mass is 19.1. The van der Waals surface area contributed by atoms with Gasteiger partial charge in [-0.1, -0.05) is 32.9 Å². The van der Waals surface area contributed by atoms with Gasteiger partial charge in [-0.25, -0.2) is 4.39 Å². The van der Waals surface area contributed by atoms with E-state index < -0.39 is 11.8 Å². The zero-order chi connectivity index (χ0) is 16.8. The highest BCUT2D eigenvalue weighted by Gasteiger charge is 2.27. The van der Waals surface area contributed by atoms with Gasteiger partial charge in [-0.15, -0.1) is 0 Å². The van der Waals surface area contributed by atoms with E-state index in [1.165, 1.54) is 24.3 Å². The molecule has 0 saturated carbocycles. The van der Waals surface area contributed by atoms with Crippen LogP contribution >= 0.6 is 0 Å². The van der Waals surface area contributed by atoms with E-state index in [0.717, 1.165) is 0 Å². The van der Waals surface area contributed by atoms with Crippen molar-refractivity contribution < 1.29 is 19.1 Å². The van der Waals surface area contributed by atoms with E-state index in [9.17, 15) is 14.0 Å². The number of nitrogens with one attached hydrogen (secondary N) is 2. The number of aliphatic hydroxyl groups excluding tert-OH is 1. The minimum absolute atomic E-state index is 0.0700. The number of rotatable bonds is 5. The van der Waals surface area contributed by atoms with Crippen molar-refractivity contribution in [3.8, 4) is 0 Å². The normalized spacial score (nSPS) is 12.6. The molecule has 22 heavy (non-hydrogen) atoms. The zero-order valence-electron chi connectivity index (χ0n) is 13.1. The molecule has 122 valence electrons. The molecule has 5 nitrogen and oxygen atoms in total. The molecule has 3 N–H and O–H groups in total. The monoisotopic (exact) mass is 310 g/mol. The molecule has 1 rings (SSSR count). The third kappa shape index (κ3) is 5.81. The summed E-state index contributed by atoms with van der Waals surface area (Å²) >= 11 is 0. The Morgan fingerprint density at radius 1 is 1.18 bits per heavy atom. The SMILES string of the molecule is CC(C)(C)C(CCO)NC(=O)C(=O)NCc1ccc(F)cc1. The van der Waals surface area contributed by atoms with Gasteiger partial charge in [0.25, 0.3) is 0 Å². The van der Waals surface area contributed by atoms with Gasteiger partial charge in [-0.2, -0.15) is 0 Å². The average Bonchev–Trinajstić information content (AvgIpc) is 2.44. The van der Waals surface area contributed by atoms with Crippen LogP contribution in [-0.4, -0.2) is 29.6 Å². The summed E-state index contributed by atoms with van der Waals surface area (Å²) < 4.78 is 12.8. The van der Waals surface area contributed by atoms with E-state index in [4.69, 9.17) is 5.11 Å². The summed E-state index contributed by atoms with van der Waals surface area (Å²) in [5.74, 6) is -1.85. The third-order valence-electron chi connectivity index (χ3n) is 3.34. The average molecular weight is 310 g/mol. The first-order valence-electron chi connectivity index (χ1n) is 7.18. The summed E-state index contributed by atoms with van der Waals surface area (Å²) in [7, 11) is 0. The molecule has 0 aromatic heterocycles. The van der Waals surface area contributed by atoms with Crippen molar-refractivity contribution in [3.63, 3.8) is 0 Å². The summed E-state index contributed by atoms with van der Waals surface area (Å²) in [6.45, 7) is 5.84. The van der Waals surface area contributed by atoms with Gasteiger partial charge in [0.15, 0.2) is 0 Å². The first kappa shape index (κ1) is 18.1. The van der Waals surface area contributed by atoms with E-state index in [2.05, 4.69) is 10.6 Å². The maximum Gasteiger partial charge on any atom is 0.309 e.